The molecule has 0 spiro atoms. The van der Waals surface area contributed by atoms with E-state index in [1.165, 1.54) is 6.42 Å². The Morgan fingerprint density at radius 1 is 1.18 bits per heavy atom. The van der Waals surface area contributed by atoms with Crippen molar-refractivity contribution < 1.29 is 9.94 Å². The molecular formula is C14H21NO2. The summed E-state index contributed by atoms with van der Waals surface area (Å²) in [7, 11) is 0. The predicted molar refractivity (Wildman–Crippen MR) is 67.2 cm³/mol. The molecule has 0 saturated heterocycles. The molecule has 2 unspecified atom stereocenters. The highest BCUT2D eigenvalue weighted by Crippen LogP contribution is 2.23. The van der Waals surface area contributed by atoms with E-state index in [9.17, 15) is 5.11 Å². The lowest BCUT2D eigenvalue weighted by atomic mass is 9.87. The Morgan fingerprint density at radius 3 is 2.71 bits per heavy atom. The molecule has 2 N–H and O–H groups in total. The van der Waals surface area contributed by atoms with Crippen LogP contribution in [0.5, 0.6) is 0 Å². The molecular weight excluding hydrogens is 214 g/mol. The zero-order valence-electron chi connectivity index (χ0n) is 10.1. The van der Waals surface area contributed by atoms with Crippen LogP contribution < -0.4 is 5.48 Å². The summed E-state index contributed by atoms with van der Waals surface area (Å²) in [6.45, 7) is 1.32. The normalized spacial score (nSPS) is 24.8. The summed E-state index contributed by atoms with van der Waals surface area (Å²) in [5.41, 5.74) is 4.13. The first-order chi connectivity index (χ1) is 8.36. The van der Waals surface area contributed by atoms with Crippen molar-refractivity contribution >= 4 is 0 Å². The van der Waals surface area contributed by atoms with Crippen molar-refractivity contribution in [2.24, 2.45) is 5.92 Å². The minimum Gasteiger partial charge on any atom is -0.393 e. The quantitative estimate of drug-likeness (QED) is 0.607. The summed E-state index contributed by atoms with van der Waals surface area (Å²) in [5, 5.41) is 9.79. The molecule has 0 aliphatic heterocycles. The van der Waals surface area contributed by atoms with E-state index in [0.717, 1.165) is 31.4 Å². The van der Waals surface area contributed by atoms with Gasteiger partial charge in [0.05, 0.1) is 12.7 Å². The van der Waals surface area contributed by atoms with E-state index in [4.69, 9.17) is 4.84 Å². The Labute approximate surface area is 103 Å². The van der Waals surface area contributed by atoms with Crippen LogP contribution in [-0.4, -0.2) is 17.8 Å². The van der Waals surface area contributed by atoms with Gasteiger partial charge in [-0.05, 0) is 24.3 Å². The summed E-state index contributed by atoms with van der Waals surface area (Å²) < 4.78 is 0. The van der Waals surface area contributed by atoms with Crippen molar-refractivity contribution in [2.75, 3.05) is 6.54 Å². The van der Waals surface area contributed by atoms with Crippen LogP contribution in [0.2, 0.25) is 0 Å². The average Bonchev–Trinajstić information content (AvgIpc) is 2.38. The zero-order valence-corrected chi connectivity index (χ0v) is 10.1. The number of hydroxylamine groups is 1. The number of aliphatic hydroxyl groups excluding tert-OH is 1. The van der Waals surface area contributed by atoms with Gasteiger partial charge in [0, 0.05) is 6.54 Å². The van der Waals surface area contributed by atoms with Gasteiger partial charge in [0.15, 0.2) is 0 Å². The molecule has 0 radical (unpaired) electrons. The molecule has 0 bridgehead atoms. The average molecular weight is 235 g/mol. The van der Waals surface area contributed by atoms with Crippen LogP contribution in [0.3, 0.4) is 0 Å². The van der Waals surface area contributed by atoms with Crippen LogP contribution in [0.4, 0.5) is 0 Å². The molecule has 2 rings (SSSR count). The van der Waals surface area contributed by atoms with E-state index in [1.807, 2.05) is 30.3 Å². The molecule has 2 atom stereocenters. The van der Waals surface area contributed by atoms with Crippen molar-refractivity contribution in [3.63, 3.8) is 0 Å². The van der Waals surface area contributed by atoms with E-state index >= 15 is 0 Å². The van der Waals surface area contributed by atoms with Gasteiger partial charge in [-0.2, -0.15) is 0 Å². The molecule has 17 heavy (non-hydrogen) atoms. The second-order valence-electron chi connectivity index (χ2n) is 4.73. The second kappa shape index (κ2) is 6.74. The van der Waals surface area contributed by atoms with Gasteiger partial charge in [-0.3, -0.25) is 4.84 Å². The van der Waals surface area contributed by atoms with E-state index in [1.54, 1.807) is 0 Å². The first-order valence-electron chi connectivity index (χ1n) is 6.43. The van der Waals surface area contributed by atoms with Crippen LogP contribution in [0.1, 0.15) is 31.2 Å². The second-order valence-corrected chi connectivity index (χ2v) is 4.73. The number of benzene rings is 1. The van der Waals surface area contributed by atoms with Crippen molar-refractivity contribution in [1.29, 1.82) is 0 Å². The van der Waals surface area contributed by atoms with Crippen LogP contribution in [-0.2, 0) is 11.4 Å². The first kappa shape index (κ1) is 12.6. The minimum absolute atomic E-state index is 0.156. The van der Waals surface area contributed by atoms with Gasteiger partial charge in [-0.25, -0.2) is 5.48 Å². The van der Waals surface area contributed by atoms with Crippen LogP contribution in [0.25, 0.3) is 0 Å². The van der Waals surface area contributed by atoms with Gasteiger partial charge in [-0.1, -0.05) is 43.2 Å². The molecule has 1 aliphatic carbocycles. The molecule has 3 nitrogen and oxygen atoms in total. The maximum absolute atomic E-state index is 9.79. The van der Waals surface area contributed by atoms with E-state index in [2.05, 4.69) is 5.48 Å². The largest absolute Gasteiger partial charge is 0.393 e. The van der Waals surface area contributed by atoms with Crippen molar-refractivity contribution in [3.8, 4) is 0 Å². The fraction of sp³-hybridized carbons (Fsp3) is 0.571. The third-order valence-corrected chi connectivity index (χ3v) is 3.40. The molecule has 1 aromatic rings. The number of aliphatic hydroxyl groups is 1. The van der Waals surface area contributed by atoms with Gasteiger partial charge in [0.2, 0.25) is 0 Å². The maximum atomic E-state index is 9.79. The van der Waals surface area contributed by atoms with Gasteiger partial charge >= 0.3 is 0 Å². The molecule has 94 valence electrons. The van der Waals surface area contributed by atoms with Gasteiger partial charge < -0.3 is 5.11 Å². The fourth-order valence-electron chi connectivity index (χ4n) is 2.30. The van der Waals surface area contributed by atoms with Crippen LogP contribution in [0.15, 0.2) is 30.3 Å². The zero-order chi connectivity index (χ0) is 11.9. The third-order valence-electron chi connectivity index (χ3n) is 3.40. The molecule has 0 aromatic heterocycles. The van der Waals surface area contributed by atoms with Crippen molar-refractivity contribution in [2.45, 2.75) is 38.4 Å². The highest BCUT2D eigenvalue weighted by Gasteiger charge is 2.22. The SMILES string of the molecule is OC1CCCCC1CNOCc1ccccc1. The number of nitrogens with one attached hydrogen (secondary N) is 1. The third kappa shape index (κ3) is 4.11. The summed E-state index contributed by atoms with van der Waals surface area (Å²) in [6.07, 6.45) is 4.26. The van der Waals surface area contributed by atoms with E-state index in [-0.39, 0.29) is 6.10 Å². The Bertz CT molecular complexity index is 315. The van der Waals surface area contributed by atoms with Crippen LogP contribution >= 0.6 is 0 Å². The minimum atomic E-state index is -0.156. The molecule has 0 amide bonds. The fourth-order valence-corrected chi connectivity index (χ4v) is 2.30. The molecule has 1 aliphatic rings. The van der Waals surface area contributed by atoms with Gasteiger partial charge in [0.25, 0.3) is 0 Å². The first-order valence-corrected chi connectivity index (χ1v) is 6.43. The smallest absolute Gasteiger partial charge is 0.0933 e. The Balaban J connectivity index is 1.63. The standard InChI is InChI=1S/C14H21NO2/c16-14-9-5-4-8-13(14)10-15-17-11-12-6-2-1-3-7-12/h1-3,6-7,13-16H,4-5,8-11H2. The predicted octanol–water partition coefficient (Wildman–Crippen LogP) is 2.26. The van der Waals surface area contributed by atoms with Crippen LogP contribution in [0, 0.1) is 5.92 Å². The highest BCUT2D eigenvalue weighted by molar-refractivity contribution is 5.13. The summed E-state index contributed by atoms with van der Waals surface area (Å²) in [5.74, 6) is 0.347. The molecule has 3 heteroatoms. The van der Waals surface area contributed by atoms with Gasteiger partial charge in [0.1, 0.15) is 0 Å². The Kier molecular flexibility index (Phi) is 4.98. The number of rotatable bonds is 5. The topological polar surface area (TPSA) is 41.5 Å². The molecule has 1 saturated carbocycles. The van der Waals surface area contributed by atoms with Gasteiger partial charge in [-0.15, -0.1) is 0 Å². The number of hydrogen-bond donors (Lipinski definition) is 2. The van der Waals surface area contributed by atoms with E-state index < -0.39 is 0 Å². The summed E-state index contributed by atoms with van der Waals surface area (Å²) in [6, 6.07) is 10.1. The monoisotopic (exact) mass is 235 g/mol. The lowest BCUT2D eigenvalue weighted by Gasteiger charge is -2.27. The van der Waals surface area contributed by atoms with Crippen molar-refractivity contribution in [3.05, 3.63) is 35.9 Å². The summed E-state index contributed by atoms with van der Waals surface area (Å²) in [4.78, 5) is 5.41. The van der Waals surface area contributed by atoms with Crippen molar-refractivity contribution in [1.82, 2.24) is 5.48 Å². The Hall–Kier alpha value is -0.900. The lowest BCUT2D eigenvalue weighted by Crippen LogP contribution is -2.33. The Morgan fingerprint density at radius 2 is 1.94 bits per heavy atom. The highest BCUT2D eigenvalue weighted by atomic mass is 16.6. The molecule has 1 fully saturated rings. The maximum Gasteiger partial charge on any atom is 0.0933 e. The number of hydrogen-bond acceptors (Lipinski definition) is 3. The summed E-state index contributed by atoms with van der Waals surface area (Å²) >= 11 is 0. The van der Waals surface area contributed by atoms with E-state index in [0.29, 0.717) is 12.5 Å². The lowest BCUT2D eigenvalue weighted by molar-refractivity contribution is -0.00837. The molecule has 0 heterocycles. The molecule has 1 aromatic carbocycles.